The quantitative estimate of drug-likeness (QED) is 0.766. The van der Waals surface area contributed by atoms with E-state index in [0.717, 1.165) is 52.4 Å². The van der Waals surface area contributed by atoms with Crippen LogP contribution < -0.4 is 14.1 Å². The van der Waals surface area contributed by atoms with Crippen molar-refractivity contribution in [2.24, 2.45) is 0 Å². The van der Waals surface area contributed by atoms with E-state index in [4.69, 9.17) is 9.47 Å². The van der Waals surface area contributed by atoms with Crippen LogP contribution in [0.3, 0.4) is 0 Å². The number of benzene rings is 1. The SMILES string of the molecule is CCOc1cc2ncnc([Se][Na])c2cc1OCC. The van der Waals surface area contributed by atoms with Gasteiger partial charge in [-0.2, -0.15) is 0 Å². The van der Waals surface area contributed by atoms with Gasteiger partial charge in [0.05, 0.1) is 0 Å². The van der Waals surface area contributed by atoms with Gasteiger partial charge in [0.25, 0.3) is 0 Å². The standard InChI is InChI=1S/C12H14N2O2Se.Na/c1-3-15-10-5-8-9(6-11(10)16-4-2)13-7-14-12(8)17;/h5-7H,3-4H2,1-2H3,(H,13,14,17);/q;+1/p-1. The molecule has 0 aliphatic rings. The predicted molar refractivity (Wildman–Crippen MR) is 73.0 cm³/mol. The number of nitrogens with zero attached hydrogens (tertiary/aromatic N) is 2. The molecule has 0 amide bonds. The Labute approximate surface area is 127 Å². The molecule has 18 heavy (non-hydrogen) atoms. The normalized spacial score (nSPS) is 10.7. The van der Waals surface area contributed by atoms with E-state index in [0.29, 0.717) is 23.7 Å². The minimum absolute atomic E-state index is 0.470. The van der Waals surface area contributed by atoms with Crippen LogP contribution in [0.2, 0.25) is 0 Å². The molecule has 0 saturated heterocycles. The van der Waals surface area contributed by atoms with Gasteiger partial charge in [0.2, 0.25) is 0 Å². The summed E-state index contributed by atoms with van der Waals surface area (Å²) in [7, 11) is 0.470. The Balaban J connectivity index is 2.60. The zero-order valence-corrected chi connectivity index (χ0v) is 14.5. The molecule has 4 nitrogen and oxygen atoms in total. The summed E-state index contributed by atoms with van der Waals surface area (Å²) in [6, 6.07) is 3.96. The van der Waals surface area contributed by atoms with Gasteiger partial charge in [-0.25, -0.2) is 0 Å². The Morgan fingerprint density at radius 1 is 1.11 bits per heavy atom. The Hall–Kier alpha value is -0.321. The first-order valence-corrected chi connectivity index (χ1v) is 12.7. The van der Waals surface area contributed by atoms with Crippen molar-refractivity contribution >= 4 is 51.4 Å². The van der Waals surface area contributed by atoms with Gasteiger partial charge in [0.1, 0.15) is 0 Å². The average Bonchev–Trinajstić information content (AvgIpc) is 2.39. The average molecular weight is 319 g/mol. The Morgan fingerprint density at radius 3 is 2.39 bits per heavy atom. The third-order valence-electron chi connectivity index (χ3n) is 2.46. The molecule has 1 heterocycles. The van der Waals surface area contributed by atoms with Crippen LogP contribution in [0.5, 0.6) is 11.5 Å². The van der Waals surface area contributed by atoms with E-state index in [2.05, 4.69) is 9.97 Å². The fourth-order valence-electron chi connectivity index (χ4n) is 1.74. The topological polar surface area (TPSA) is 44.2 Å². The van der Waals surface area contributed by atoms with Crippen molar-refractivity contribution in [1.29, 1.82) is 0 Å². The minimum atomic E-state index is 0.470. The fourth-order valence-corrected chi connectivity index (χ4v) is 4.55. The van der Waals surface area contributed by atoms with Crippen molar-refractivity contribution in [3.05, 3.63) is 18.5 Å². The summed E-state index contributed by atoms with van der Waals surface area (Å²) < 4.78 is 12.4. The molecule has 2 aromatic rings. The van der Waals surface area contributed by atoms with Gasteiger partial charge in [0, 0.05) is 0 Å². The van der Waals surface area contributed by atoms with Gasteiger partial charge in [-0.15, -0.1) is 0 Å². The van der Waals surface area contributed by atoms with E-state index in [-0.39, 0.29) is 0 Å². The van der Waals surface area contributed by atoms with E-state index in [1.807, 2.05) is 26.0 Å². The number of aromatic nitrogens is 2. The summed E-state index contributed by atoms with van der Waals surface area (Å²) in [5.41, 5.74) is 0.935. The van der Waals surface area contributed by atoms with Crippen LogP contribution in [0.25, 0.3) is 10.9 Å². The third-order valence-corrected chi connectivity index (χ3v) is 5.96. The maximum atomic E-state index is 5.63. The van der Waals surface area contributed by atoms with E-state index < -0.39 is 0 Å². The molecule has 0 unspecified atom stereocenters. The number of hydrogen-bond acceptors (Lipinski definition) is 4. The Morgan fingerprint density at radius 2 is 1.78 bits per heavy atom. The molecule has 0 fully saturated rings. The van der Waals surface area contributed by atoms with Crippen molar-refractivity contribution < 1.29 is 9.47 Å². The molecule has 90 valence electrons. The van der Waals surface area contributed by atoms with Crippen LogP contribution in [0.1, 0.15) is 13.8 Å². The number of ether oxygens (including phenoxy) is 2. The summed E-state index contributed by atoms with van der Waals surface area (Å²) in [5, 5.41) is 1.10. The summed E-state index contributed by atoms with van der Waals surface area (Å²) in [5.74, 6) is 1.55. The summed E-state index contributed by atoms with van der Waals surface area (Å²) in [4.78, 5) is 8.67. The van der Waals surface area contributed by atoms with Crippen molar-refractivity contribution in [2.45, 2.75) is 13.8 Å². The number of hydrogen-bond donors (Lipinski definition) is 0. The van der Waals surface area contributed by atoms with Gasteiger partial charge in [-0.3, -0.25) is 0 Å². The first-order chi connectivity index (χ1) is 8.80. The second-order valence-corrected chi connectivity index (χ2v) is 7.35. The maximum absolute atomic E-state index is 5.63. The summed E-state index contributed by atoms with van der Waals surface area (Å²) in [6.07, 6.45) is 1.63. The van der Waals surface area contributed by atoms with Crippen LogP contribution in [0, 0.1) is 0 Å². The summed E-state index contributed by atoms with van der Waals surface area (Å²) >= 11 is 1.15. The molecule has 0 aliphatic heterocycles. The van der Waals surface area contributed by atoms with E-state index in [1.165, 1.54) is 0 Å². The van der Waals surface area contributed by atoms with Crippen LogP contribution >= 0.6 is 0 Å². The molecule has 0 saturated carbocycles. The van der Waals surface area contributed by atoms with Crippen molar-refractivity contribution in [1.82, 2.24) is 9.97 Å². The molecule has 0 bridgehead atoms. The van der Waals surface area contributed by atoms with Crippen LogP contribution in [0.4, 0.5) is 0 Å². The van der Waals surface area contributed by atoms with Gasteiger partial charge >= 0.3 is 128 Å². The molecule has 0 radical (unpaired) electrons. The van der Waals surface area contributed by atoms with E-state index in [9.17, 15) is 0 Å². The van der Waals surface area contributed by atoms with Crippen LogP contribution in [0.15, 0.2) is 18.5 Å². The first-order valence-electron chi connectivity index (χ1n) is 5.88. The molecule has 0 N–H and O–H groups in total. The van der Waals surface area contributed by atoms with Crippen molar-refractivity contribution in [2.75, 3.05) is 13.2 Å². The van der Waals surface area contributed by atoms with Crippen molar-refractivity contribution in [3.8, 4) is 11.5 Å². The third kappa shape index (κ3) is 2.98. The van der Waals surface area contributed by atoms with Gasteiger partial charge in [0.15, 0.2) is 0 Å². The summed E-state index contributed by atoms with van der Waals surface area (Å²) in [6.45, 7) is 5.18. The molecular formula is C12H13N2NaO2Se. The molecule has 2 rings (SSSR count). The van der Waals surface area contributed by atoms with Gasteiger partial charge < -0.3 is 0 Å². The second kappa shape index (κ2) is 6.73. The monoisotopic (exact) mass is 320 g/mol. The Kier molecular flexibility index (Phi) is 5.27. The van der Waals surface area contributed by atoms with Crippen LogP contribution in [-0.2, 0) is 0 Å². The van der Waals surface area contributed by atoms with Gasteiger partial charge in [-0.1, -0.05) is 0 Å². The predicted octanol–water partition coefficient (Wildman–Crippen LogP) is 0.840. The molecular weight excluding hydrogens is 306 g/mol. The number of rotatable bonds is 5. The Bertz CT molecular complexity index is 551. The molecule has 0 atom stereocenters. The molecule has 0 aliphatic carbocycles. The van der Waals surface area contributed by atoms with E-state index >= 15 is 0 Å². The number of fused-ring (bicyclic) bond motifs is 1. The zero-order chi connectivity index (χ0) is 13.0. The zero-order valence-electron chi connectivity index (χ0n) is 10.8. The molecule has 6 heteroatoms. The van der Waals surface area contributed by atoms with Gasteiger partial charge in [-0.05, 0) is 0 Å². The van der Waals surface area contributed by atoms with E-state index in [1.54, 1.807) is 6.33 Å². The second-order valence-electron chi connectivity index (χ2n) is 3.57. The van der Waals surface area contributed by atoms with Crippen LogP contribution in [-0.4, -0.2) is 59.1 Å². The molecule has 0 spiro atoms. The first kappa shape index (κ1) is 14.1. The van der Waals surface area contributed by atoms with Crippen molar-refractivity contribution in [3.63, 3.8) is 0 Å². The molecule has 1 aromatic heterocycles. The fraction of sp³-hybridized carbons (Fsp3) is 0.333. The molecule has 1 aromatic carbocycles.